The van der Waals surface area contributed by atoms with E-state index in [9.17, 15) is 10.2 Å². The van der Waals surface area contributed by atoms with Crippen molar-refractivity contribution in [2.45, 2.75) is 0 Å². The Morgan fingerprint density at radius 2 is 0.912 bits per heavy atom. The first-order valence-electron chi connectivity index (χ1n) is 11.2. The second-order valence-electron chi connectivity index (χ2n) is 8.09. The molecule has 0 bridgehead atoms. The fourth-order valence-corrected chi connectivity index (χ4v) is 4.33. The Bertz CT molecular complexity index is 1560. The minimum Gasteiger partial charge on any atom is -0.507 e. The second kappa shape index (κ2) is 9.51. The summed E-state index contributed by atoms with van der Waals surface area (Å²) in [5, 5.41) is 24.6. The van der Waals surface area contributed by atoms with Crippen LogP contribution in [0.1, 0.15) is 0 Å². The number of hydrogen-bond acceptors (Lipinski definition) is 2. The van der Waals surface area contributed by atoms with Crippen molar-refractivity contribution < 1.29 is 10.2 Å². The topological polar surface area (TPSA) is 40.5 Å². The minimum atomic E-state index is 0.323. The van der Waals surface area contributed by atoms with Crippen LogP contribution in [0.4, 0.5) is 0 Å². The fraction of sp³-hybridized carbons (Fsp3) is 0. The summed E-state index contributed by atoms with van der Waals surface area (Å²) in [4.78, 5) is 0. The number of phenols is 2. The van der Waals surface area contributed by atoms with Gasteiger partial charge in [-0.25, -0.2) is 0 Å². The summed E-state index contributed by atoms with van der Waals surface area (Å²) in [6.07, 6.45) is 0. The Hall–Kier alpha value is -4.56. The van der Waals surface area contributed by atoms with E-state index in [2.05, 4.69) is 24.3 Å². The molecule has 2 nitrogen and oxygen atoms in total. The molecule has 0 aliphatic rings. The van der Waals surface area contributed by atoms with Crippen molar-refractivity contribution >= 4 is 21.5 Å². The van der Waals surface area contributed by atoms with Gasteiger partial charge < -0.3 is 10.2 Å². The number of phenolic OH excluding ortho intramolecular Hbond substituents is 2. The largest absolute Gasteiger partial charge is 0.507 e. The molecular formula is C32H24O2. The molecule has 0 heterocycles. The molecule has 0 aliphatic carbocycles. The zero-order valence-corrected chi connectivity index (χ0v) is 18.6. The number of benzene rings is 6. The van der Waals surface area contributed by atoms with Crippen molar-refractivity contribution in [2.75, 3.05) is 0 Å². The summed E-state index contributed by atoms with van der Waals surface area (Å²) in [6, 6.07) is 43.6. The monoisotopic (exact) mass is 440 g/mol. The lowest BCUT2D eigenvalue weighted by atomic mass is 9.97. The molecule has 0 radical (unpaired) electrons. The van der Waals surface area contributed by atoms with Crippen LogP contribution in [0.2, 0.25) is 0 Å². The van der Waals surface area contributed by atoms with E-state index in [-0.39, 0.29) is 0 Å². The van der Waals surface area contributed by atoms with E-state index >= 15 is 0 Å². The molecule has 0 saturated heterocycles. The predicted octanol–water partition coefficient (Wildman–Crippen LogP) is 8.42. The van der Waals surface area contributed by atoms with E-state index in [0.29, 0.717) is 11.5 Å². The zero-order chi connectivity index (χ0) is 23.3. The van der Waals surface area contributed by atoms with Gasteiger partial charge in [0, 0.05) is 11.1 Å². The highest BCUT2D eigenvalue weighted by Gasteiger charge is 2.08. The quantitative estimate of drug-likeness (QED) is 0.284. The second-order valence-corrected chi connectivity index (χ2v) is 8.09. The highest BCUT2D eigenvalue weighted by Crippen LogP contribution is 2.36. The normalized spacial score (nSPS) is 10.6. The molecule has 0 saturated carbocycles. The van der Waals surface area contributed by atoms with Crippen molar-refractivity contribution in [3.8, 4) is 33.8 Å². The number of aromatic hydroxyl groups is 2. The molecular weight excluding hydrogens is 416 g/mol. The lowest BCUT2D eigenvalue weighted by Crippen LogP contribution is -1.82. The van der Waals surface area contributed by atoms with Crippen molar-refractivity contribution in [3.63, 3.8) is 0 Å². The summed E-state index contributed by atoms with van der Waals surface area (Å²) in [5.41, 5.74) is 3.90. The van der Waals surface area contributed by atoms with Gasteiger partial charge in [-0.2, -0.15) is 0 Å². The van der Waals surface area contributed by atoms with Crippen LogP contribution >= 0.6 is 0 Å². The maximum Gasteiger partial charge on any atom is 0.124 e. The van der Waals surface area contributed by atoms with Crippen molar-refractivity contribution in [2.24, 2.45) is 0 Å². The highest BCUT2D eigenvalue weighted by molar-refractivity contribution is 6.00. The smallest absolute Gasteiger partial charge is 0.124 e. The number of rotatable bonds is 2. The molecule has 0 spiro atoms. The molecule has 6 aromatic carbocycles. The van der Waals surface area contributed by atoms with Crippen LogP contribution in [0.25, 0.3) is 43.8 Å². The Morgan fingerprint density at radius 3 is 1.68 bits per heavy atom. The first-order chi connectivity index (χ1) is 16.7. The van der Waals surface area contributed by atoms with Gasteiger partial charge in [-0.3, -0.25) is 0 Å². The van der Waals surface area contributed by atoms with Crippen molar-refractivity contribution in [1.29, 1.82) is 0 Å². The predicted molar refractivity (Wildman–Crippen MR) is 142 cm³/mol. The fourth-order valence-electron chi connectivity index (χ4n) is 4.33. The molecule has 0 fully saturated rings. The van der Waals surface area contributed by atoms with Gasteiger partial charge in [-0.1, -0.05) is 121 Å². The molecule has 6 aromatic rings. The molecule has 34 heavy (non-hydrogen) atoms. The van der Waals surface area contributed by atoms with Crippen LogP contribution in [0.3, 0.4) is 0 Å². The molecule has 0 amide bonds. The molecule has 0 aromatic heterocycles. The molecule has 6 rings (SSSR count). The SMILES string of the molecule is Oc1ccc2ccccc2c1-c1ccccc1.Oc1ccccc1-c1cccc2ccccc12. The number of para-hydroxylation sites is 1. The Balaban J connectivity index is 0.000000142. The maximum atomic E-state index is 10.1. The Kier molecular flexibility index (Phi) is 5.96. The average Bonchev–Trinajstić information content (AvgIpc) is 2.89. The molecule has 2 heteroatoms. The molecule has 0 atom stereocenters. The Labute approximate surface area is 199 Å². The highest BCUT2D eigenvalue weighted by atomic mass is 16.3. The van der Waals surface area contributed by atoms with E-state index < -0.39 is 0 Å². The van der Waals surface area contributed by atoms with Crippen LogP contribution in [-0.4, -0.2) is 10.2 Å². The summed E-state index contributed by atoms with van der Waals surface area (Å²) >= 11 is 0. The lowest BCUT2D eigenvalue weighted by molar-refractivity contribution is 0.477. The number of fused-ring (bicyclic) bond motifs is 2. The zero-order valence-electron chi connectivity index (χ0n) is 18.6. The van der Waals surface area contributed by atoms with Gasteiger partial charge in [-0.15, -0.1) is 0 Å². The van der Waals surface area contributed by atoms with Crippen molar-refractivity contribution in [1.82, 2.24) is 0 Å². The third-order valence-electron chi connectivity index (χ3n) is 5.95. The minimum absolute atomic E-state index is 0.323. The van der Waals surface area contributed by atoms with Crippen LogP contribution in [0.5, 0.6) is 11.5 Å². The van der Waals surface area contributed by atoms with Crippen LogP contribution in [0.15, 0.2) is 133 Å². The molecule has 2 N–H and O–H groups in total. The van der Waals surface area contributed by atoms with Gasteiger partial charge in [0.1, 0.15) is 11.5 Å². The van der Waals surface area contributed by atoms with Gasteiger partial charge in [0.05, 0.1) is 0 Å². The first kappa shape index (κ1) is 21.3. The van der Waals surface area contributed by atoms with E-state index in [1.54, 1.807) is 12.1 Å². The molecule has 0 unspecified atom stereocenters. The van der Waals surface area contributed by atoms with E-state index in [4.69, 9.17) is 0 Å². The van der Waals surface area contributed by atoms with Crippen LogP contribution in [0, 0.1) is 0 Å². The maximum absolute atomic E-state index is 10.1. The number of hydrogen-bond donors (Lipinski definition) is 2. The summed E-state index contributed by atoms with van der Waals surface area (Å²) in [6.45, 7) is 0. The van der Waals surface area contributed by atoms with Crippen LogP contribution in [-0.2, 0) is 0 Å². The first-order valence-corrected chi connectivity index (χ1v) is 11.2. The van der Waals surface area contributed by atoms with Gasteiger partial charge in [0.15, 0.2) is 0 Å². The van der Waals surface area contributed by atoms with Gasteiger partial charge in [0.25, 0.3) is 0 Å². The van der Waals surface area contributed by atoms with E-state index in [1.807, 2.05) is 97.1 Å². The molecule has 0 aliphatic heterocycles. The lowest BCUT2D eigenvalue weighted by Gasteiger charge is -2.09. The van der Waals surface area contributed by atoms with Gasteiger partial charge in [-0.05, 0) is 44.8 Å². The van der Waals surface area contributed by atoms with E-state index in [1.165, 1.54) is 5.39 Å². The third-order valence-corrected chi connectivity index (χ3v) is 5.95. The molecule has 164 valence electrons. The van der Waals surface area contributed by atoms with Crippen molar-refractivity contribution in [3.05, 3.63) is 133 Å². The summed E-state index contributed by atoms with van der Waals surface area (Å²) < 4.78 is 0. The summed E-state index contributed by atoms with van der Waals surface area (Å²) in [5.74, 6) is 0.652. The van der Waals surface area contributed by atoms with E-state index in [0.717, 1.165) is 38.4 Å². The summed E-state index contributed by atoms with van der Waals surface area (Å²) in [7, 11) is 0. The van der Waals surface area contributed by atoms with Gasteiger partial charge in [0.2, 0.25) is 0 Å². The van der Waals surface area contributed by atoms with Crippen LogP contribution < -0.4 is 0 Å². The standard InChI is InChI=1S/2C16H12O/c17-16-11-4-3-9-15(16)14-10-5-7-12-6-1-2-8-13(12)14;17-15-11-10-12-6-4-5-9-14(12)16(15)13-7-2-1-3-8-13/h2*1-11,17H. The third kappa shape index (κ3) is 4.22. The van der Waals surface area contributed by atoms with Gasteiger partial charge >= 0.3 is 0 Å². The average molecular weight is 441 g/mol. The Morgan fingerprint density at radius 1 is 0.353 bits per heavy atom.